The van der Waals surface area contributed by atoms with Crippen LogP contribution in [-0.2, 0) is 19.0 Å². The zero-order valence-electron chi connectivity index (χ0n) is 26.1. The lowest BCUT2D eigenvalue weighted by molar-refractivity contribution is -0.155. The van der Waals surface area contributed by atoms with Crippen molar-refractivity contribution in [3.8, 4) is 17.2 Å². The van der Waals surface area contributed by atoms with E-state index < -0.39 is 67.0 Å². The number of hydrogen-bond donors (Lipinski definition) is 6. The van der Waals surface area contributed by atoms with Crippen molar-refractivity contribution in [1.82, 2.24) is 10.2 Å². The van der Waals surface area contributed by atoms with Crippen LogP contribution in [0.4, 0.5) is 0 Å². The number of carbonyl (C=O) groups excluding carboxylic acids is 1. The van der Waals surface area contributed by atoms with Crippen LogP contribution in [0.5, 0.6) is 17.2 Å². The molecular weight excluding hydrogens is 600 g/mol. The van der Waals surface area contributed by atoms with E-state index in [2.05, 4.69) is 5.32 Å². The van der Waals surface area contributed by atoms with Gasteiger partial charge in [-0.3, -0.25) is 9.69 Å². The number of nitrogens with zero attached hydrogens (tertiary/aromatic N) is 1. The average molecular weight is 643 g/mol. The first-order valence-electron chi connectivity index (χ1n) is 15.1. The summed E-state index contributed by atoms with van der Waals surface area (Å²) in [6, 6.07) is 12.2. The molecule has 2 saturated heterocycles. The summed E-state index contributed by atoms with van der Waals surface area (Å²) in [6.45, 7) is 3.54. The van der Waals surface area contributed by atoms with Crippen molar-refractivity contribution in [2.24, 2.45) is 0 Å². The van der Waals surface area contributed by atoms with Crippen LogP contribution in [0.25, 0.3) is 6.08 Å². The number of hydrogen-bond acceptors (Lipinski definition) is 12. The van der Waals surface area contributed by atoms with Crippen molar-refractivity contribution in [3.63, 3.8) is 0 Å². The van der Waals surface area contributed by atoms with Gasteiger partial charge in [-0.05, 0) is 75.5 Å². The van der Waals surface area contributed by atoms with E-state index >= 15 is 0 Å². The number of aromatic hydroxyl groups is 1. The summed E-state index contributed by atoms with van der Waals surface area (Å²) < 4.78 is 28.5. The van der Waals surface area contributed by atoms with Crippen LogP contribution in [0.2, 0.25) is 0 Å². The third-order valence-corrected chi connectivity index (χ3v) is 8.53. The van der Waals surface area contributed by atoms with Crippen LogP contribution in [-0.4, -0.2) is 125 Å². The fourth-order valence-corrected chi connectivity index (χ4v) is 5.96. The predicted molar refractivity (Wildman–Crippen MR) is 165 cm³/mol. The molecule has 5 rings (SSSR count). The molecule has 13 heteroatoms. The van der Waals surface area contributed by atoms with Crippen LogP contribution in [0.1, 0.15) is 19.4 Å². The normalized spacial score (nSPS) is 33.2. The Labute approximate surface area is 267 Å². The SMILES string of the molecule is C/C(=C\c1ccc(OC2O[C@H](/C(C)=C/COc3ccccc3)[C@@H](O)C2N(C)C)c(O)c1)C(=O)NC1[C@@H](O)[C@@H]2OCO[C@@H]2[C@H](O)[C@H]1O. The molecule has 6 N–H and O–H groups in total. The molecule has 0 aromatic heterocycles. The van der Waals surface area contributed by atoms with Gasteiger partial charge in [-0.1, -0.05) is 24.3 Å². The largest absolute Gasteiger partial charge is 0.504 e. The number of aliphatic hydroxyl groups excluding tert-OH is 4. The second-order valence-electron chi connectivity index (χ2n) is 12.0. The minimum atomic E-state index is -1.47. The van der Waals surface area contributed by atoms with Gasteiger partial charge in [-0.2, -0.15) is 0 Å². The van der Waals surface area contributed by atoms with Gasteiger partial charge in [-0.25, -0.2) is 0 Å². The fraction of sp³-hybridized carbons (Fsp3) is 0.485. The van der Waals surface area contributed by atoms with E-state index in [1.54, 1.807) is 25.1 Å². The summed E-state index contributed by atoms with van der Waals surface area (Å²) in [5.41, 5.74) is 1.46. The van der Waals surface area contributed by atoms with Crippen molar-refractivity contribution in [2.75, 3.05) is 27.5 Å². The summed E-state index contributed by atoms with van der Waals surface area (Å²) in [5.74, 6) is 0.0352. The molecule has 2 aromatic carbocycles. The molecule has 250 valence electrons. The molecule has 13 nitrogen and oxygen atoms in total. The summed E-state index contributed by atoms with van der Waals surface area (Å²) in [7, 11) is 3.60. The Morgan fingerprint density at radius 3 is 2.35 bits per heavy atom. The van der Waals surface area contributed by atoms with Crippen molar-refractivity contribution in [1.29, 1.82) is 0 Å². The first kappa shape index (κ1) is 33.8. The summed E-state index contributed by atoms with van der Waals surface area (Å²) in [6.07, 6.45) is -5.04. The third-order valence-electron chi connectivity index (χ3n) is 8.53. The van der Waals surface area contributed by atoms with Gasteiger partial charge in [0, 0.05) is 5.57 Å². The molecule has 3 unspecified atom stereocenters. The van der Waals surface area contributed by atoms with Crippen LogP contribution in [0, 0.1) is 0 Å². The lowest BCUT2D eigenvalue weighted by atomic mass is 9.83. The number of para-hydroxylation sites is 1. The molecule has 1 aliphatic carbocycles. The molecule has 2 aliphatic heterocycles. The van der Waals surface area contributed by atoms with Gasteiger partial charge < -0.3 is 54.5 Å². The van der Waals surface area contributed by atoms with Gasteiger partial charge in [0.05, 0.1) is 6.04 Å². The smallest absolute Gasteiger partial charge is 0.247 e. The number of likely N-dealkylation sites (N-methyl/N-ethyl adjacent to an activating group) is 1. The Hall–Kier alpha value is -3.53. The van der Waals surface area contributed by atoms with Crippen molar-refractivity contribution >= 4 is 12.0 Å². The molecule has 10 atom stereocenters. The minimum Gasteiger partial charge on any atom is -0.504 e. The molecule has 3 aliphatic rings. The molecule has 3 fully saturated rings. The summed E-state index contributed by atoms with van der Waals surface area (Å²) >= 11 is 0. The van der Waals surface area contributed by atoms with E-state index in [9.17, 15) is 30.3 Å². The van der Waals surface area contributed by atoms with E-state index in [-0.39, 0.29) is 23.9 Å². The highest BCUT2D eigenvalue weighted by Gasteiger charge is 2.53. The number of phenols is 1. The second kappa shape index (κ2) is 14.5. The van der Waals surface area contributed by atoms with Crippen LogP contribution < -0.4 is 14.8 Å². The van der Waals surface area contributed by atoms with E-state index in [0.29, 0.717) is 12.2 Å². The topological polar surface area (TPSA) is 180 Å². The zero-order chi connectivity index (χ0) is 33.1. The van der Waals surface area contributed by atoms with Gasteiger partial charge >= 0.3 is 0 Å². The van der Waals surface area contributed by atoms with Gasteiger partial charge in [0.25, 0.3) is 0 Å². The average Bonchev–Trinajstić information content (AvgIpc) is 3.65. The van der Waals surface area contributed by atoms with Crippen molar-refractivity contribution < 1.29 is 54.0 Å². The molecule has 2 heterocycles. The summed E-state index contributed by atoms with van der Waals surface area (Å²) in [4.78, 5) is 14.7. The maximum absolute atomic E-state index is 12.9. The Balaban J connectivity index is 1.22. The van der Waals surface area contributed by atoms with Crippen LogP contribution >= 0.6 is 0 Å². The fourth-order valence-electron chi connectivity index (χ4n) is 5.96. The van der Waals surface area contributed by atoms with E-state index in [1.165, 1.54) is 25.1 Å². The molecule has 1 saturated carbocycles. The molecule has 0 spiro atoms. The van der Waals surface area contributed by atoms with Crippen molar-refractivity contribution in [2.45, 2.75) is 74.9 Å². The predicted octanol–water partition coefficient (Wildman–Crippen LogP) is 0.538. The van der Waals surface area contributed by atoms with Gasteiger partial charge in [0.2, 0.25) is 12.2 Å². The second-order valence-corrected chi connectivity index (χ2v) is 12.0. The molecule has 46 heavy (non-hydrogen) atoms. The van der Waals surface area contributed by atoms with Crippen LogP contribution in [0.15, 0.2) is 65.8 Å². The summed E-state index contributed by atoms with van der Waals surface area (Å²) in [5, 5.41) is 56.0. The number of rotatable bonds is 10. The number of phenolic OH excluding ortho intramolecular Hbond substituents is 1. The maximum atomic E-state index is 12.9. The van der Waals surface area contributed by atoms with Crippen LogP contribution in [0.3, 0.4) is 0 Å². The van der Waals surface area contributed by atoms with Gasteiger partial charge in [-0.15, -0.1) is 0 Å². The third kappa shape index (κ3) is 7.22. The number of carbonyl (C=O) groups is 1. The standard InChI is InChI=1S/C33H42N2O11/c1-17(12-13-42-20-8-6-5-7-9-20)29-27(39)24(35(3)4)33(46-29)45-22-11-10-19(15-21(22)36)14-18(2)32(41)34-23-25(37)28(40)31-30(26(23)38)43-16-44-31/h5-12,14-15,23-31,33,36-40H,13,16H2,1-4H3,(H,34,41)/b17-12+,18-14+/t23?,24?,25-,26+,27-,28+,29+,30-,31+,33?/m0/s1. The first-order chi connectivity index (χ1) is 22.0. The van der Waals surface area contributed by atoms with E-state index in [4.69, 9.17) is 23.7 Å². The number of benzene rings is 2. The highest BCUT2D eigenvalue weighted by atomic mass is 16.7. The number of aliphatic hydroxyl groups is 4. The van der Waals surface area contributed by atoms with Gasteiger partial charge in [0.15, 0.2) is 11.5 Å². The monoisotopic (exact) mass is 642 g/mol. The lowest BCUT2D eigenvalue weighted by Gasteiger charge is -2.41. The Morgan fingerprint density at radius 1 is 0.978 bits per heavy atom. The number of nitrogens with one attached hydrogen (secondary N) is 1. The molecule has 0 bridgehead atoms. The quantitative estimate of drug-likeness (QED) is 0.157. The Kier molecular flexibility index (Phi) is 10.7. The van der Waals surface area contributed by atoms with Crippen molar-refractivity contribution in [3.05, 3.63) is 71.3 Å². The Morgan fingerprint density at radius 2 is 1.67 bits per heavy atom. The molecule has 0 radical (unpaired) electrons. The molecule has 1 amide bonds. The number of fused-ring (bicyclic) bond motifs is 1. The maximum Gasteiger partial charge on any atom is 0.247 e. The minimum absolute atomic E-state index is 0.119. The first-order valence-corrected chi connectivity index (χ1v) is 15.1. The van der Waals surface area contributed by atoms with Gasteiger partial charge in [0.1, 0.15) is 67.9 Å². The zero-order valence-corrected chi connectivity index (χ0v) is 26.1. The van der Waals surface area contributed by atoms with E-state index in [0.717, 1.165) is 11.3 Å². The molecular formula is C33H42N2O11. The number of amides is 1. The molecule has 2 aromatic rings. The highest BCUT2D eigenvalue weighted by Crippen LogP contribution is 2.35. The highest BCUT2D eigenvalue weighted by molar-refractivity contribution is 5.97. The van der Waals surface area contributed by atoms with E-state index in [1.807, 2.05) is 43.3 Å². The lowest BCUT2D eigenvalue weighted by Crippen LogP contribution is -2.67. The Bertz CT molecular complexity index is 1420. The number of ether oxygens (including phenoxy) is 5.